The Hall–Kier alpha value is -1.17. The Balaban J connectivity index is 1.75. The summed E-state index contributed by atoms with van der Waals surface area (Å²) in [5, 5.41) is 10.1. The molecule has 4 nitrogen and oxygen atoms in total. The molecule has 29 heavy (non-hydrogen) atoms. The third kappa shape index (κ3) is 5.31. The van der Waals surface area contributed by atoms with Gasteiger partial charge in [-0.2, -0.15) is 0 Å². The van der Waals surface area contributed by atoms with Gasteiger partial charge < -0.3 is 9.53 Å². The van der Waals surface area contributed by atoms with Crippen molar-refractivity contribution < 1.29 is 14.3 Å². The first-order valence-corrected chi connectivity index (χ1v) is 14.1. The average molecular weight is 418 g/mol. The first-order valence-electron chi connectivity index (χ1n) is 11.2. The zero-order chi connectivity index (χ0) is 21.2. The van der Waals surface area contributed by atoms with Gasteiger partial charge in [0, 0.05) is 31.5 Å². The lowest BCUT2D eigenvalue weighted by molar-refractivity contribution is -0.144. The van der Waals surface area contributed by atoms with Gasteiger partial charge in [0.25, 0.3) is 0 Å². The number of carboxylic acids is 1. The zero-order valence-corrected chi connectivity index (χ0v) is 19.9. The first-order chi connectivity index (χ1) is 13.6. The smallest absolute Gasteiger partial charge is 0.320 e. The van der Waals surface area contributed by atoms with Crippen molar-refractivity contribution in [3.05, 3.63) is 35.9 Å². The maximum absolute atomic E-state index is 12.1. The molecule has 0 amide bonds. The minimum absolute atomic E-state index is 0.182. The van der Waals surface area contributed by atoms with Crippen molar-refractivity contribution in [2.75, 3.05) is 19.7 Å². The lowest BCUT2D eigenvalue weighted by Gasteiger charge is -2.37. The second-order valence-electron chi connectivity index (χ2n) is 10.7. The van der Waals surface area contributed by atoms with Gasteiger partial charge in [0.2, 0.25) is 0 Å². The fourth-order valence-electron chi connectivity index (χ4n) is 4.39. The summed E-state index contributed by atoms with van der Waals surface area (Å²) < 4.78 is 6.60. The highest BCUT2D eigenvalue weighted by molar-refractivity contribution is 6.74. The molecule has 0 aromatic heterocycles. The molecule has 162 valence electrons. The van der Waals surface area contributed by atoms with Crippen LogP contribution in [0.3, 0.4) is 0 Å². The van der Waals surface area contributed by atoms with E-state index in [-0.39, 0.29) is 11.1 Å². The van der Waals surface area contributed by atoms with E-state index in [0.29, 0.717) is 17.8 Å². The van der Waals surface area contributed by atoms with E-state index < -0.39 is 14.3 Å². The van der Waals surface area contributed by atoms with Crippen LogP contribution in [0.1, 0.15) is 57.9 Å². The molecule has 1 aromatic rings. The monoisotopic (exact) mass is 417 g/mol. The normalized spacial score (nSPS) is 25.0. The Bertz CT molecular complexity index is 681. The molecule has 1 saturated heterocycles. The van der Waals surface area contributed by atoms with Gasteiger partial charge in [-0.3, -0.25) is 9.69 Å². The summed E-state index contributed by atoms with van der Waals surface area (Å²) in [5.41, 5.74) is 1.31. The van der Waals surface area contributed by atoms with Crippen molar-refractivity contribution in [3.63, 3.8) is 0 Å². The summed E-state index contributed by atoms with van der Waals surface area (Å²) in [4.78, 5) is 14.3. The Morgan fingerprint density at radius 1 is 1.21 bits per heavy atom. The molecule has 5 heteroatoms. The number of benzene rings is 1. The summed E-state index contributed by atoms with van der Waals surface area (Å²) in [6, 6.07) is 10.3. The van der Waals surface area contributed by atoms with Gasteiger partial charge in [-0.15, -0.1) is 0 Å². The van der Waals surface area contributed by atoms with E-state index in [9.17, 15) is 9.90 Å². The van der Waals surface area contributed by atoms with E-state index in [0.717, 1.165) is 26.1 Å². The minimum Gasteiger partial charge on any atom is -0.480 e. The molecule has 2 aliphatic rings. The number of carboxylic acid groups (broad SMARTS) is 1. The zero-order valence-electron chi connectivity index (χ0n) is 18.9. The highest BCUT2D eigenvalue weighted by Gasteiger charge is 2.43. The van der Waals surface area contributed by atoms with Crippen LogP contribution >= 0.6 is 0 Å². The van der Waals surface area contributed by atoms with E-state index >= 15 is 0 Å². The molecule has 0 bridgehead atoms. The van der Waals surface area contributed by atoms with Gasteiger partial charge in [0.1, 0.15) is 6.04 Å². The number of hydrogen-bond acceptors (Lipinski definition) is 3. The van der Waals surface area contributed by atoms with Crippen molar-refractivity contribution in [2.24, 2.45) is 11.8 Å². The molecule has 1 aliphatic carbocycles. The lowest BCUT2D eigenvalue weighted by atomic mass is 9.80. The molecular formula is C24H39NO3Si. The van der Waals surface area contributed by atoms with Crippen LogP contribution in [-0.4, -0.2) is 50.0 Å². The van der Waals surface area contributed by atoms with Crippen LogP contribution in [0.4, 0.5) is 0 Å². The topological polar surface area (TPSA) is 49.8 Å². The summed E-state index contributed by atoms with van der Waals surface area (Å²) in [7, 11) is -1.83. The molecule has 1 N–H and O–H groups in total. The summed E-state index contributed by atoms with van der Waals surface area (Å²) in [6.07, 6.45) is 4.44. The van der Waals surface area contributed by atoms with Crippen molar-refractivity contribution >= 4 is 14.3 Å². The molecule has 0 radical (unpaired) electrons. The Labute approximate surface area is 177 Å². The molecule has 3 rings (SSSR count). The number of aliphatic carboxylic acids is 1. The standard InChI is InChI=1S/C24H39NO3Si/c1-24(2,3)29(4,5)28-17-20-15-25(16-21(20)19-12-7-6-8-13-19)22(23(26)27)14-18-10-9-11-18/h6-8,12-13,18,20-22H,9-11,14-17H2,1-5H3,(H,26,27)/t20-,21-,22-/m1/s1. The predicted octanol–water partition coefficient (Wildman–Crippen LogP) is 5.37. The van der Waals surface area contributed by atoms with E-state index in [1.807, 2.05) is 6.07 Å². The largest absolute Gasteiger partial charge is 0.480 e. The quantitative estimate of drug-likeness (QED) is 0.578. The number of rotatable bonds is 8. The Morgan fingerprint density at radius 2 is 1.86 bits per heavy atom. The van der Waals surface area contributed by atoms with Crippen LogP contribution in [0.15, 0.2) is 30.3 Å². The Morgan fingerprint density at radius 3 is 2.38 bits per heavy atom. The van der Waals surface area contributed by atoms with Crippen LogP contribution in [0.2, 0.25) is 18.1 Å². The van der Waals surface area contributed by atoms with Crippen LogP contribution in [0.25, 0.3) is 0 Å². The fourth-order valence-corrected chi connectivity index (χ4v) is 5.45. The van der Waals surface area contributed by atoms with Gasteiger partial charge in [-0.1, -0.05) is 70.4 Å². The molecule has 1 saturated carbocycles. The van der Waals surface area contributed by atoms with E-state index in [1.54, 1.807) is 0 Å². The minimum atomic E-state index is -1.83. The molecule has 1 heterocycles. The molecule has 1 aliphatic heterocycles. The number of carbonyl (C=O) groups is 1. The maximum Gasteiger partial charge on any atom is 0.320 e. The highest BCUT2D eigenvalue weighted by Crippen LogP contribution is 2.40. The Kier molecular flexibility index (Phi) is 6.91. The number of nitrogens with zero attached hydrogens (tertiary/aromatic N) is 1. The van der Waals surface area contributed by atoms with Crippen molar-refractivity contribution in [3.8, 4) is 0 Å². The van der Waals surface area contributed by atoms with Crippen LogP contribution in [0, 0.1) is 11.8 Å². The second-order valence-corrected chi connectivity index (χ2v) is 15.5. The van der Waals surface area contributed by atoms with E-state index in [2.05, 4.69) is 63.0 Å². The number of likely N-dealkylation sites (tertiary alicyclic amines) is 1. The van der Waals surface area contributed by atoms with Crippen molar-refractivity contribution in [2.45, 2.75) is 76.5 Å². The molecule has 1 aromatic carbocycles. The predicted molar refractivity (Wildman–Crippen MR) is 121 cm³/mol. The fraction of sp³-hybridized carbons (Fsp3) is 0.708. The maximum atomic E-state index is 12.1. The summed E-state index contributed by atoms with van der Waals surface area (Å²) in [6.45, 7) is 13.8. The lowest BCUT2D eigenvalue weighted by Crippen LogP contribution is -2.43. The van der Waals surface area contributed by atoms with Gasteiger partial charge >= 0.3 is 5.97 Å². The highest BCUT2D eigenvalue weighted by atomic mass is 28.4. The third-order valence-corrected chi connectivity index (χ3v) is 12.2. The molecular weight excluding hydrogens is 378 g/mol. The third-order valence-electron chi connectivity index (χ3n) is 7.67. The molecule has 2 fully saturated rings. The van der Waals surface area contributed by atoms with E-state index in [1.165, 1.54) is 24.8 Å². The molecule has 0 spiro atoms. The van der Waals surface area contributed by atoms with E-state index in [4.69, 9.17) is 4.43 Å². The SMILES string of the molecule is CC(C)(C)[Si](C)(C)OC[C@H]1CN([C@H](CC2CCC2)C(=O)O)C[C@@H]1c1ccccc1. The van der Waals surface area contributed by atoms with Gasteiger partial charge in [-0.25, -0.2) is 0 Å². The summed E-state index contributed by atoms with van der Waals surface area (Å²) in [5.74, 6) is 0.613. The van der Waals surface area contributed by atoms with Gasteiger partial charge in [-0.05, 0) is 36.0 Å². The van der Waals surface area contributed by atoms with Crippen molar-refractivity contribution in [1.29, 1.82) is 0 Å². The van der Waals surface area contributed by atoms with Gasteiger partial charge in [0.05, 0.1) is 0 Å². The van der Waals surface area contributed by atoms with Crippen LogP contribution in [-0.2, 0) is 9.22 Å². The molecule has 0 unspecified atom stereocenters. The van der Waals surface area contributed by atoms with Gasteiger partial charge in [0.15, 0.2) is 8.32 Å². The first kappa shape index (κ1) is 22.5. The van der Waals surface area contributed by atoms with Crippen LogP contribution in [0.5, 0.6) is 0 Å². The van der Waals surface area contributed by atoms with Crippen LogP contribution < -0.4 is 0 Å². The number of hydrogen-bond donors (Lipinski definition) is 1. The molecule has 3 atom stereocenters. The summed E-state index contributed by atoms with van der Waals surface area (Å²) >= 11 is 0. The second kappa shape index (κ2) is 8.91. The van der Waals surface area contributed by atoms with Crippen molar-refractivity contribution in [1.82, 2.24) is 4.90 Å². The average Bonchev–Trinajstić information content (AvgIpc) is 3.02.